The highest BCUT2D eigenvalue weighted by Gasteiger charge is 2.29. The van der Waals surface area contributed by atoms with Crippen molar-refractivity contribution in [2.75, 3.05) is 19.7 Å². The Kier molecular flexibility index (Phi) is 6.94. The molecular weight excluding hydrogens is 333 g/mol. The van der Waals surface area contributed by atoms with Crippen LogP contribution in [0.3, 0.4) is 0 Å². The number of halogens is 2. The Morgan fingerprint density at radius 3 is 2.38 bits per heavy atom. The number of rotatable bonds is 7. The van der Waals surface area contributed by atoms with Crippen molar-refractivity contribution in [2.24, 2.45) is 0 Å². The van der Waals surface area contributed by atoms with Crippen molar-refractivity contribution in [3.63, 3.8) is 0 Å². The Morgan fingerprint density at radius 1 is 1.24 bits per heavy atom. The van der Waals surface area contributed by atoms with Gasteiger partial charge >= 0.3 is 0 Å². The molecule has 0 bridgehead atoms. The highest BCUT2D eigenvalue weighted by Crippen LogP contribution is 2.35. The number of sulfonamides is 1. The predicted octanol–water partition coefficient (Wildman–Crippen LogP) is 3.39. The Morgan fingerprint density at radius 2 is 1.86 bits per heavy atom. The molecule has 0 saturated carbocycles. The van der Waals surface area contributed by atoms with Gasteiger partial charge in [0, 0.05) is 18.1 Å². The maximum atomic E-state index is 12.8. The summed E-state index contributed by atoms with van der Waals surface area (Å²) in [4.78, 5) is 0.0405. The van der Waals surface area contributed by atoms with Gasteiger partial charge in [0.15, 0.2) is 0 Å². The second-order valence-electron chi connectivity index (χ2n) is 4.92. The van der Waals surface area contributed by atoms with Crippen LogP contribution in [-0.2, 0) is 10.0 Å². The van der Waals surface area contributed by atoms with Gasteiger partial charge in [-0.05, 0) is 37.5 Å². The Labute approximate surface area is 136 Å². The van der Waals surface area contributed by atoms with Gasteiger partial charge in [-0.3, -0.25) is 0 Å². The molecule has 0 amide bonds. The number of nitrogens with zero attached hydrogens (tertiary/aromatic N) is 1. The van der Waals surface area contributed by atoms with Crippen LogP contribution in [0.2, 0.25) is 10.0 Å². The van der Waals surface area contributed by atoms with Gasteiger partial charge in [-0.25, -0.2) is 8.42 Å². The average molecular weight is 354 g/mol. The fourth-order valence-electron chi connectivity index (χ4n) is 2.05. The number of aliphatic hydroxyl groups excluding tert-OH is 1. The summed E-state index contributed by atoms with van der Waals surface area (Å²) in [6, 6.07) is 1.65. The molecule has 0 radical (unpaired) electrons. The van der Waals surface area contributed by atoms with Gasteiger partial charge in [0.1, 0.15) is 4.90 Å². The molecule has 0 heterocycles. The largest absolute Gasteiger partial charge is 0.395 e. The fourth-order valence-corrected chi connectivity index (χ4v) is 4.68. The number of hydrogen-bond acceptors (Lipinski definition) is 3. The molecule has 7 heteroatoms. The van der Waals surface area contributed by atoms with Crippen molar-refractivity contribution in [3.05, 3.63) is 27.2 Å². The molecule has 1 aromatic carbocycles. The van der Waals surface area contributed by atoms with Crippen LogP contribution in [0.4, 0.5) is 0 Å². The highest BCUT2D eigenvalue weighted by atomic mass is 35.5. The van der Waals surface area contributed by atoms with E-state index in [4.69, 9.17) is 28.3 Å². The summed E-state index contributed by atoms with van der Waals surface area (Å²) in [5.74, 6) is 0. The lowest BCUT2D eigenvalue weighted by molar-refractivity contribution is 0.252. The van der Waals surface area contributed by atoms with E-state index < -0.39 is 10.0 Å². The molecule has 0 aliphatic carbocycles. The zero-order valence-corrected chi connectivity index (χ0v) is 14.8. The molecule has 0 fully saturated rings. The van der Waals surface area contributed by atoms with Crippen molar-refractivity contribution >= 4 is 33.2 Å². The van der Waals surface area contributed by atoms with E-state index in [1.54, 1.807) is 19.9 Å². The number of hydrogen-bond donors (Lipinski definition) is 1. The Hall–Kier alpha value is -0.330. The summed E-state index contributed by atoms with van der Waals surface area (Å²) < 4.78 is 27.0. The minimum atomic E-state index is -3.78. The summed E-state index contributed by atoms with van der Waals surface area (Å²) in [5.41, 5.74) is 1.05. The molecule has 0 aliphatic heterocycles. The standard InChI is InChI=1S/C14H21Cl2NO3S/c1-4-5-6-17(7-8-18)21(19,20)14-11(3)12(15)9-10(2)13(14)16/h9,18H,4-8H2,1-3H3. The summed E-state index contributed by atoms with van der Waals surface area (Å²) in [7, 11) is -3.78. The predicted molar refractivity (Wildman–Crippen MR) is 86.7 cm³/mol. The second-order valence-corrected chi connectivity index (χ2v) is 7.58. The second kappa shape index (κ2) is 7.79. The first-order valence-corrected chi connectivity index (χ1v) is 9.03. The van der Waals surface area contributed by atoms with E-state index in [0.29, 0.717) is 22.7 Å². The molecule has 0 atom stereocenters. The van der Waals surface area contributed by atoms with Crippen molar-refractivity contribution < 1.29 is 13.5 Å². The van der Waals surface area contributed by atoms with Crippen LogP contribution in [0.25, 0.3) is 0 Å². The van der Waals surface area contributed by atoms with E-state index in [-0.39, 0.29) is 23.1 Å². The monoisotopic (exact) mass is 353 g/mol. The molecule has 21 heavy (non-hydrogen) atoms. The van der Waals surface area contributed by atoms with Crippen molar-refractivity contribution in [1.29, 1.82) is 0 Å². The van der Waals surface area contributed by atoms with Crippen LogP contribution in [0.15, 0.2) is 11.0 Å². The van der Waals surface area contributed by atoms with Gasteiger partial charge in [-0.2, -0.15) is 4.31 Å². The minimum Gasteiger partial charge on any atom is -0.395 e. The Bertz CT molecular complexity index is 576. The van der Waals surface area contributed by atoms with Crippen LogP contribution >= 0.6 is 23.2 Å². The Balaban J connectivity index is 3.41. The average Bonchev–Trinajstić information content (AvgIpc) is 2.41. The molecule has 120 valence electrons. The van der Waals surface area contributed by atoms with E-state index in [9.17, 15) is 8.42 Å². The number of aryl methyl sites for hydroxylation is 1. The summed E-state index contributed by atoms with van der Waals surface area (Å²) >= 11 is 12.3. The minimum absolute atomic E-state index is 0.0405. The first-order valence-electron chi connectivity index (χ1n) is 6.83. The first kappa shape index (κ1) is 18.7. The summed E-state index contributed by atoms with van der Waals surface area (Å²) in [5, 5.41) is 9.69. The lowest BCUT2D eigenvalue weighted by atomic mass is 10.2. The lowest BCUT2D eigenvalue weighted by Gasteiger charge is -2.23. The smallest absolute Gasteiger partial charge is 0.244 e. The van der Waals surface area contributed by atoms with Crippen LogP contribution in [0.1, 0.15) is 30.9 Å². The van der Waals surface area contributed by atoms with E-state index in [1.165, 1.54) is 4.31 Å². The van der Waals surface area contributed by atoms with Crippen molar-refractivity contribution in [3.8, 4) is 0 Å². The molecule has 0 aliphatic rings. The SMILES string of the molecule is CCCCN(CCO)S(=O)(=O)c1c(C)c(Cl)cc(C)c1Cl. The van der Waals surface area contributed by atoms with Crippen LogP contribution in [0.5, 0.6) is 0 Å². The first-order chi connectivity index (χ1) is 9.77. The van der Waals surface area contributed by atoms with E-state index in [1.807, 2.05) is 6.92 Å². The van der Waals surface area contributed by atoms with Gasteiger partial charge < -0.3 is 5.11 Å². The summed E-state index contributed by atoms with van der Waals surface area (Å²) in [6.45, 7) is 5.49. The summed E-state index contributed by atoms with van der Waals surface area (Å²) in [6.07, 6.45) is 1.58. The molecule has 4 nitrogen and oxygen atoms in total. The van der Waals surface area contributed by atoms with E-state index in [0.717, 1.165) is 12.8 Å². The maximum absolute atomic E-state index is 12.8. The quantitative estimate of drug-likeness (QED) is 0.817. The van der Waals surface area contributed by atoms with Crippen molar-refractivity contribution in [1.82, 2.24) is 4.31 Å². The van der Waals surface area contributed by atoms with Crippen molar-refractivity contribution in [2.45, 2.75) is 38.5 Å². The number of aliphatic hydroxyl groups is 1. The fraction of sp³-hybridized carbons (Fsp3) is 0.571. The topological polar surface area (TPSA) is 57.6 Å². The van der Waals surface area contributed by atoms with Crippen LogP contribution in [-0.4, -0.2) is 37.5 Å². The van der Waals surface area contributed by atoms with Gasteiger partial charge in [-0.1, -0.05) is 36.5 Å². The molecule has 0 aromatic heterocycles. The number of unbranched alkanes of at least 4 members (excludes halogenated alkanes) is 1. The lowest BCUT2D eigenvalue weighted by Crippen LogP contribution is -2.35. The number of benzene rings is 1. The zero-order chi connectivity index (χ0) is 16.2. The normalized spacial score (nSPS) is 12.1. The van der Waals surface area contributed by atoms with E-state index >= 15 is 0 Å². The molecule has 0 saturated heterocycles. The van der Waals surface area contributed by atoms with E-state index in [2.05, 4.69) is 0 Å². The molecule has 0 spiro atoms. The van der Waals surface area contributed by atoms with Gasteiger partial charge in [0.25, 0.3) is 0 Å². The van der Waals surface area contributed by atoms with Crippen LogP contribution < -0.4 is 0 Å². The highest BCUT2D eigenvalue weighted by molar-refractivity contribution is 7.89. The third kappa shape index (κ3) is 4.11. The molecule has 0 unspecified atom stereocenters. The van der Waals surface area contributed by atoms with Gasteiger partial charge in [0.2, 0.25) is 10.0 Å². The van der Waals surface area contributed by atoms with Gasteiger partial charge in [0.05, 0.1) is 11.6 Å². The molecule has 1 N–H and O–H groups in total. The zero-order valence-electron chi connectivity index (χ0n) is 12.5. The third-order valence-electron chi connectivity index (χ3n) is 3.30. The maximum Gasteiger partial charge on any atom is 0.244 e. The molecule has 1 aromatic rings. The van der Waals surface area contributed by atoms with Crippen LogP contribution in [0, 0.1) is 13.8 Å². The van der Waals surface area contributed by atoms with Gasteiger partial charge in [-0.15, -0.1) is 0 Å². The molecule has 1 rings (SSSR count). The molecular formula is C14H21Cl2NO3S. The third-order valence-corrected chi connectivity index (χ3v) is 6.36.